The molecule has 2 aromatic heterocycles. The maximum absolute atomic E-state index is 5.72. The molecular weight excluding hydrogens is 262 g/mol. The molecule has 0 aliphatic carbocycles. The first-order chi connectivity index (χ1) is 9.81. The molecule has 20 heavy (non-hydrogen) atoms. The number of aromatic nitrogens is 4. The summed E-state index contributed by atoms with van der Waals surface area (Å²) >= 11 is 0. The molecule has 0 radical (unpaired) electrons. The zero-order valence-electron chi connectivity index (χ0n) is 10.8. The number of hydrogen-bond donors (Lipinski definition) is 2. The van der Waals surface area contributed by atoms with Crippen molar-refractivity contribution in [1.29, 1.82) is 0 Å². The van der Waals surface area contributed by atoms with Crippen LogP contribution in [0.25, 0.3) is 0 Å². The molecule has 3 heterocycles. The van der Waals surface area contributed by atoms with Crippen molar-refractivity contribution >= 4 is 17.8 Å². The second-order valence-corrected chi connectivity index (χ2v) is 4.25. The first-order valence-electron chi connectivity index (χ1n) is 6.29. The van der Waals surface area contributed by atoms with Crippen LogP contribution in [0, 0.1) is 0 Å². The maximum atomic E-state index is 5.72. The van der Waals surface area contributed by atoms with Gasteiger partial charge in [-0.3, -0.25) is 0 Å². The van der Waals surface area contributed by atoms with Gasteiger partial charge < -0.3 is 25.2 Å². The lowest BCUT2D eigenvalue weighted by Gasteiger charge is -2.26. The van der Waals surface area contributed by atoms with Crippen molar-refractivity contribution in [3.63, 3.8) is 0 Å². The van der Waals surface area contributed by atoms with E-state index in [2.05, 4.69) is 25.4 Å². The molecule has 1 fully saturated rings. The zero-order valence-corrected chi connectivity index (χ0v) is 10.8. The van der Waals surface area contributed by atoms with Crippen molar-refractivity contribution in [2.75, 3.05) is 42.3 Å². The van der Waals surface area contributed by atoms with E-state index in [0.29, 0.717) is 37.4 Å². The lowest BCUT2D eigenvalue weighted by Crippen LogP contribution is -2.37. The molecule has 1 aliphatic heterocycles. The lowest BCUT2D eigenvalue weighted by molar-refractivity contribution is 0.122. The Bertz CT molecular complexity index is 554. The standard InChI is InChI=1S/C11H15N7O2/c12-9-15-10(13-7-8-1-2-14-20-8)17-11(16-9)18-3-5-19-6-4-18/h1-2H,3-7H2,(H3,12,13,15,16,17). The summed E-state index contributed by atoms with van der Waals surface area (Å²) in [6.07, 6.45) is 1.58. The number of nitrogen functional groups attached to an aromatic ring is 1. The Labute approximate surface area is 115 Å². The second kappa shape index (κ2) is 5.70. The predicted molar refractivity (Wildman–Crippen MR) is 71.1 cm³/mol. The molecule has 0 aromatic carbocycles. The Morgan fingerprint density at radius 3 is 2.85 bits per heavy atom. The normalized spacial score (nSPS) is 15.3. The highest BCUT2D eigenvalue weighted by molar-refractivity contribution is 5.42. The molecule has 106 valence electrons. The molecule has 0 spiro atoms. The van der Waals surface area contributed by atoms with Crippen molar-refractivity contribution in [3.8, 4) is 0 Å². The highest BCUT2D eigenvalue weighted by Gasteiger charge is 2.15. The largest absolute Gasteiger partial charge is 0.378 e. The van der Waals surface area contributed by atoms with Crippen LogP contribution < -0.4 is 16.0 Å². The van der Waals surface area contributed by atoms with Crippen LogP contribution in [0.1, 0.15) is 5.76 Å². The molecule has 2 aromatic rings. The maximum Gasteiger partial charge on any atom is 0.232 e. The molecular formula is C11H15N7O2. The average molecular weight is 277 g/mol. The lowest BCUT2D eigenvalue weighted by atomic mass is 10.4. The number of nitrogens with zero attached hydrogens (tertiary/aromatic N) is 5. The van der Waals surface area contributed by atoms with E-state index < -0.39 is 0 Å². The third kappa shape index (κ3) is 2.94. The van der Waals surface area contributed by atoms with Gasteiger partial charge in [0.15, 0.2) is 5.76 Å². The molecule has 3 N–H and O–H groups in total. The van der Waals surface area contributed by atoms with Crippen molar-refractivity contribution in [3.05, 3.63) is 18.0 Å². The molecule has 1 aliphatic rings. The number of morpholine rings is 1. The molecule has 1 saturated heterocycles. The van der Waals surface area contributed by atoms with Gasteiger partial charge in [-0.15, -0.1) is 0 Å². The predicted octanol–water partition coefficient (Wildman–Crippen LogP) is -0.110. The highest BCUT2D eigenvalue weighted by Crippen LogP contribution is 2.14. The molecule has 0 bridgehead atoms. The molecule has 0 unspecified atom stereocenters. The highest BCUT2D eigenvalue weighted by atomic mass is 16.5. The zero-order chi connectivity index (χ0) is 13.8. The summed E-state index contributed by atoms with van der Waals surface area (Å²) in [7, 11) is 0. The van der Waals surface area contributed by atoms with Crippen molar-refractivity contribution in [1.82, 2.24) is 20.1 Å². The van der Waals surface area contributed by atoms with E-state index in [1.807, 2.05) is 4.90 Å². The summed E-state index contributed by atoms with van der Waals surface area (Å²) < 4.78 is 10.3. The van der Waals surface area contributed by atoms with Crippen LogP contribution in [0.4, 0.5) is 17.8 Å². The smallest absolute Gasteiger partial charge is 0.232 e. The van der Waals surface area contributed by atoms with Gasteiger partial charge >= 0.3 is 0 Å². The molecule has 0 amide bonds. The number of nitrogens with two attached hydrogens (primary N) is 1. The first-order valence-corrected chi connectivity index (χ1v) is 6.29. The van der Waals surface area contributed by atoms with Gasteiger partial charge in [-0.25, -0.2) is 0 Å². The fraction of sp³-hybridized carbons (Fsp3) is 0.455. The summed E-state index contributed by atoms with van der Waals surface area (Å²) in [6, 6.07) is 1.76. The van der Waals surface area contributed by atoms with Crippen LogP contribution in [0.15, 0.2) is 16.8 Å². The topological polar surface area (TPSA) is 115 Å². The molecule has 9 heteroatoms. The second-order valence-electron chi connectivity index (χ2n) is 4.25. The van der Waals surface area contributed by atoms with E-state index in [1.165, 1.54) is 0 Å². The van der Waals surface area contributed by atoms with Gasteiger partial charge in [0.05, 0.1) is 26.0 Å². The fourth-order valence-corrected chi connectivity index (χ4v) is 1.86. The Morgan fingerprint density at radius 2 is 2.10 bits per heavy atom. The van der Waals surface area contributed by atoms with Crippen molar-refractivity contribution < 1.29 is 9.26 Å². The quantitative estimate of drug-likeness (QED) is 0.789. The van der Waals surface area contributed by atoms with Gasteiger partial charge in [0.2, 0.25) is 17.8 Å². The Hall–Kier alpha value is -2.42. The SMILES string of the molecule is Nc1nc(NCc2ccno2)nc(N2CCOCC2)n1. The van der Waals surface area contributed by atoms with E-state index in [9.17, 15) is 0 Å². The number of hydrogen-bond acceptors (Lipinski definition) is 9. The summed E-state index contributed by atoms with van der Waals surface area (Å²) in [5.41, 5.74) is 5.72. The fourth-order valence-electron chi connectivity index (χ4n) is 1.86. The summed E-state index contributed by atoms with van der Waals surface area (Å²) in [5, 5.41) is 6.66. The minimum Gasteiger partial charge on any atom is -0.378 e. The summed E-state index contributed by atoms with van der Waals surface area (Å²) in [5.74, 6) is 1.84. The third-order valence-electron chi connectivity index (χ3n) is 2.85. The average Bonchev–Trinajstić information content (AvgIpc) is 2.99. The first kappa shape index (κ1) is 12.6. The van der Waals surface area contributed by atoms with Gasteiger partial charge in [-0.2, -0.15) is 15.0 Å². The number of rotatable bonds is 4. The van der Waals surface area contributed by atoms with Gasteiger partial charge in [0.1, 0.15) is 0 Å². The van der Waals surface area contributed by atoms with E-state index >= 15 is 0 Å². The number of anilines is 3. The minimum absolute atomic E-state index is 0.182. The third-order valence-corrected chi connectivity index (χ3v) is 2.85. The van der Waals surface area contributed by atoms with E-state index in [1.54, 1.807) is 12.3 Å². The van der Waals surface area contributed by atoms with Crippen LogP contribution in [0.2, 0.25) is 0 Å². The summed E-state index contributed by atoms with van der Waals surface area (Å²) in [6.45, 7) is 3.24. The van der Waals surface area contributed by atoms with E-state index in [0.717, 1.165) is 13.1 Å². The minimum atomic E-state index is 0.182. The van der Waals surface area contributed by atoms with Gasteiger partial charge in [-0.1, -0.05) is 5.16 Å². The molecule has 0 saturated carbocycles. The molecule has 0 atom stereocenters. The van der Waals surface area contributed by atoms with Gasteiger partial charge in [-0.05, 0) is 0 Å². The Morgan fingerprint density at radius 1 is 1.25 bits per heavy atom. The molecule has 3 rings (SSSR count). The van der Waals surface area contributed by atoms with E-state index in [-0.39, 0.29) is 5.95 Å². The van der Waals surface area contributed by atoms with Crippen LogP contribution >= 0.6 is 0 Å². The Balaban J connectivity index is 1.72. The van der Waals surface area contributed by atoms with Gasteiger partial charge in [0, 0.05) is 19.2 Å². The van der Waals surface area contributed by atoms with E-state index in [4.69, 9.17) is 15.0 Å². The molecule has 9 nitrogen and oxygen atoms in total. The van der Waals surface area contributed by atoms with Crippen LogP contribution in [0.3, 0.4) is 0 Å². The number of ether oxygens (including phenoxy) is 1. The Kier molecular flexibility index (Phi) is 3.59. The monoisotopic (exact) mass is 277 g/mol. The number of nitrogens with one attached hydrogen (secondary N) is 1. The van der Waals surface area contributed by atoms with Crippen LogP contribution in [-0.2, 0) is 11.3 Å². The van der Waals surface area contributed by atoms with Gasteiger partial charge in [0.25, 0.3) is 0 Å². The van der Waals surface area contributed by atoms with Crippen LogP contribution in [-0.4, -0.2) is 46.4 Å². The van der Waals surface area contributed by atoms with Crippen molar-refractivity contribution in [2.45, 2.75) is 6.54 Å². The summed E-state index contributed by atoms with van der Waals surface area (Å²) in [4.78, 5) is 14.6. The van der Waals surface area contributed by atoms with Crippen LogP contribution in [0.5, 0.6) is 0 Å². The van der Waals surface area contributed by atoms with Crippen molar-refractivity contribution in [2.24, 2.45) is 0 Å².